The molecule has 118 valence electrons. The van der Waals surface area contributed by atoms with Gasteiger partial charge in [0.25, 0.3) is 0 Å². The minimum atomic E-state index is -0.337. The molecule has 1 aliphatic carbocycles. The molecule has 1 aliphatic heterocycles. The molecule has 1 saturated carbocycles. The number of hydrogen-bond acceptors (Lipinski definition) is 6. The second-order valence-corrected chi connectivity index (χ2v) is 7.32. The Morgan fingerprint density at radius 2 is 2.43 bits per heavy atom. The molecule has 0 bridgehead atoms. The molecule has 0 radical (unpaired) electrons. The lowest BCUT2D eigenvalue weighted by Crippen LogP contribution is -2.36. The topological polar surface area (TPSA) is 60.2 Å². The van der Waals surface area contributed by atoms with E-state index in [2.05, 4.69) is 17.4 Å². The molecule has 2 aliphatic rings. The number of ether oxygens (including phenoxy) is 1. The summed E-state index contributed by atoms with van der Waals surface area (Å²) in [6.07, 6.45) is 4.42. The SMILES string of the molecule is CCOC1(c2noc(C3CSCCN3)n2)CCCC(C)C1. The van der Waals surface area contributed by atoms with Crippen molar-refractivity contribution >= 4 is 11.8 Å². The van der Waals surface area contributed by atoms with Crippen molar-refractivity contribution in [3.05, 3.63) is 11.7 Å². The first-order chi connectivity index (χ1) is 10.2. The Morgan fingerprint density at radius 3 is 3.14 bits per heavy atom. The van der Waals surface area contributed by atoms with Gasteiger partial charge in [-0.25, -0.2) is 0 Å². The van der Waals surface area contributed by atoms with Crippen LogP contribution in [0.1, 0.15) is 57.3 Å². The van der Waals surface area contributed by atoms with Gasteiger partial charge in [-0.05, 0) is 32.1 Å². The van der Waals surface area contributed by atoms with Crippen LogP contribution < -0.4 is 5.32 Å². The molecule has 0 amide bonds. The van der Waals surface area contributed by atoms with E-state index in [0.717, 1.165) is 42.6 Å². The predicted molar refractivity (Wildman–Crippen MR) is 83.3 cm³/mol. The van der Waals surface area contributed by atoms with Crippen LogP contribution in [0.25, 0.3) is 0 Å². The first-order valence-electron chi connectivity index (χ1n) is 8.02. The second kappa shape index (κ2) is 6.67. The Labute approximate surface area is 130 Å². The second-order valence-electron chi connectivity index (χ2n) is 6.17. The highest BCUT2D eigenvalue weighted by Gasteiger charge is 2.42. The number of nitrogens with one attached hydrogen (secondary N) is 1. The molecule has 2 heterocycles. The quantitative estimate of drug-likeness (QED) is 0.922. The number of nitrogens with zero attached hydrogens (tertiary/aromatic N) is 2. The number of hydrogen-bond donors (Lipinski definition) is 1. The first-order valence-corrected chi connectivity index (χ1v) is 9.18. The lowest BCUT2D eigenvalue weighted by Gasteiger charge is -2.37. The number of aromatic nitrogens is 2. The van der Waals surface area contributed by atoms with Crippen LogP contribution in [0.3, 0.4) is 0 Å². The number of rotatable bonds is 4. The Kier molecular flexibility index (Phi) is 4.86. The molecular formula is C15H25N3O2S. The summed E-state index contributed by atoms with van der Waals surface area (Å²) in [7, 11) is 0. The average Bonchev–Trinajstić information content (AvgIpc) is 2.99. The molecule has 1 N–H and O–H groups in total. The summed E-state index contributed by atoms with van der Waals surface area (Å²) in [5.41, 5.74) is -0.337. The minimum absolute atomic E-state index is 0.185. The fraction of sp³-hybridized carbons (Fsp3) is 0.867. The monoisotopic (exact) mass is 311 g/mol. The van der Waals surface area contributed by atoms with Crippen LogP contribution in [-0.4, -0.2) is 34.8 Å². The third-order valence-corrected chi connectivity index (χ3v) is 5.51. The van der Waals surface area contributed by atoms with Crippen molar-refractivity contribution in [3.63, 3.8) is 0 Å². The molecular weight excluding hydrogens is 286 g/mol. The van der Waals surface area contributed by atoms with E-state index in [4.69, 9.17) is 14.2 Å². The van der Waals surface area contributed by atoms with Gasteiger partial charge in [0.15, 0.2) is 0 Å². The van der Waals surface area contributed by atoms with Crippen LogP contribution >= 0.6 is 11.8 Å². The van der Waals surface area contributed by atoms with Gasteiger partial charge in [-0.15, -0.1) is 0 Å². The van der Waals surface area contributed by atoms with Crippen LogP contribution in [0.4, 0.5) is 0 Å². The van der Waals surface area contributed by atoms with Gasteiger partial charge in [-0.1, -0.05) is 18.5 Å². The summed E-state index contributed by atoms with van der Waals surface area (Å²) < 4.78 is 11.7. The minimum Gasteiger partial charge on any atom is -0.367 e. The molecule has 21 heavy (non-hydrogen) atoms. The maximum atomic E-state index is 6.12. The molecule has 1 aromatic rings. The van der Waals surface area contributed by atoms with Gasteiger partial charge in [0.1, 0.15) is 5.60 Å². The van der Waals surface area contributed by atoms with Gasteiger partial charge >= 0.3 is 0 Å². The summed E-state index contributed by atoms with van der Waals surface area (Å²) in [5.74, 6) is 4.27. The number of thioether (sulfide) groups is 1. The first kappa shape index (κ1) is 15.3. The van der Waals surface area contributed by atoms with Crippen molar-refractivity contribution in [2.45, 2.75) is 51.2 Å². The molecule has 0 aromatic carbocycles. The van der Waals surface area contributed by atoms with E-state index in [1.54, 1.807) is 0 Å². The van der Waals surface area contributed by atoms with Crippen LogP contribution in [0.2, 0.25) is 0 Å². The molecule has 6 heteroatoms. The average molecular weight is 311 g/mol. The molecule has 3 rings (SSSR count). The van der Waals surface area contributed by atoms with Gasteiger partial charge in [0, 0.05) is 24.7 Å². The van der Waals surface area contributed by atoms with E-state index >= 15 is 0 Å². The molecule has 0 spiro atoms. The molecule has 3 unspecified atom stereocenters. The highest BCUT2D eigenvalue weighted by atomic mass is 32.2. The predicted octanol–water partition coefficient (Wildman–Crippen LogP) is 2.89. The Balaban J connectivity index is 1.81. The van der Waals surface area contributed by atoms with Crippen LogP contribution in [0.5, 0.6) is 0 Å². The third-order valence-electron chi connectivity index (χ3n) is 4.45. The van der Waals surface area contributed by atoms with Crippen LogP contribution in [0.15, 0.2) is 4.52 Å². The molecule has 1 aromatic heterocycles. The smallest absolute Gasteiger partial charge is 0.244 e. The van der Waals surface area contributed by atoms with Crippen molar-refractivity contribution in [1.29, 1.82) is 0 Å². The van der Waals surface area contributed by atoms with E-state index in [0.29, 0.717) is 12.5 Å². The van der Waals surface area contributed by atoms with Crippen LogP contribution in [0, 0.1) is 5.92 Å². The molecule has 5 nitrogen and oxygen atoms in total. The fourth-order valence-corrected chi connectivity index (χ4v) is 4.39. The molecule has 1 saturated heterocycles. The van der Waals surface area contributed by atoms with Crippen LogP contribution in [-0.2, 0) is 10.3 Å². The van der Waals surface area contributed by atoms with Crippen molar-refractivity contribution in [3.8, 4) is 0 Å². The van der Waals surface area contributed by atoms with E-state index in [1.807, 2.05) is 18.7 Å². The normalized spacial score (nSPS) is 34.0. The molecule has 3 atom stereocenters. The van der Waals surface area contributed by atoms with Crippen molar-refractivity contribution in [2.75, 3.05) is 24.7 Å². The van der Waals surface area contributed by atoms with E-state index in [-0.39, 0.29) is 11.6 Å². The maximum Gasteiger partial charge on any atom is 0.244 e. The Morgan fingerprint density at radius 1 is 1.52 bits per heavy atom. The van der Waals surface area contributed by atoms with E-state index in [9.17, 15) is 0 Å². The Hall–Kier alpha value is -0.590. The zero-order valence-corrected chi connectivity index (χ0v) is 13.7. The summed E-state index contributed by atoms with van der Waals surface area (Å²) in [5, 5.41) is 7.73. The van der Waals surface area contributed by atoms with Gasteiger partial charge in [-0.3, -0.25) is 0 Å². The van der Waals surface area contributed by atoms with Crippen molar-refractivity contribution in [2.24, 2.45) is 5.92 Å². The standard InChI is InChI=1S/C15H25N3O2S/c1-3-19-15(6-4-5-11(2)9-15)14-17-13(20-18-14)12-10-21-8-7-16-12/h11-12,16H,3-10H2,1-2H3. The van der Waals surface area contributed by atoms with E-state index in [1.165, 1.54) is 12.8 Å². The van der Waals surface area contributed by atoms with Crippen molar-refractivity contribution < 1.29 is 9.26 Å². The lowest BCUT2D eigenvalue weighted by molar-refractivity contribution is -0.0891. The highest BCUT2D eigenvalue weighted by Crippen LogP contribution is 2.42. The zero-order chi connectivity index (χ0) is 14.7. The summed E-state index contributed by atoms with van der Waals surface area (Å²) in [6.45, 7) is 6.02. The van der Waals surface area contributed by atoms with Crippen molar-refractivity contribution in [1.82, 2.24) is 15.5 Å². The largest absolute Gasteiger partial charge is 0.367 e. The van der Waals surface area contributed by atoms with Gasteiger partial charge < -0.3 is 14.6 Å². The summed E-state index contributed by atoms with van der Waals surface area (Å²) in [6, 6.07) is 0.185. The summed E-state index contributed by atoms with van der Waals surface area (Å²) in [4.78, 5) is 4.70. The van der Waals surface area contributed by atoms with Gasteiger partial charge in [-0.2, -0.15) is 16.7 Å². The maximum absolute atomic E-state index is 6.12. The molecule has 2 fully saturated rings. The van der Waals surface area contributed by atoms with Gasteiger partial charge in [0.05, 0.1) is 6.04 Å². The highest BCUT2D eigenvalue weighted by molar-refractivity contribution is 7.99. The zero-order valence-electron chi connectivity index (χ0n) is 12.9. The third kappa shape index (κ3) is 3.27. The Bertz CT molecular complexity index is 458. The van der Waals surface area contributed by atoms with Gasteiger partial charge in [0.2, 0.25) is 11.7 Å². The van der Waals surface area contributed by atoms with E-state index < -0.39 is 0 Å². The lowest BCUT2D eigenvalue weighted by atomic mass is 9.78. The summed E-state index contributed by atoms with van der Waals surface area (Å²) >= 11 is 1.93. The fourth-order valence-electron chi connectivity index (χ4n) is 3.46.